The Kier molecular flexibility index (Phi) is 5.24. The van der Waals surface area contributed by atoms with E-state index < -0.39 is 0 Å². The first-order valence-corrected chi connectivity index (χ1v) is 8.79. The molecule has 1 heterocycles. The molecule has 0 aromatic heterocycles. The molecule has 3 N–H and O–H groups in total. The van der Waals surface area contributed by atoms with Crippen LogP contribution in [0.5, 0.6) is 5.75 Å². The third-order valence-electron chi connectivity index (χ3n) is 4.92. The van der Waals surface area contributed by atoms with Gasteiger partial charge in [0.05, 0.1) is 31.9 Å². The van der Waals surface area contributed by atoms with Gasteiger partial charge in [-0.25, -0.2) is 0 Å². The highest BCUT2D eigenvalue weighted by Gasteiger charge is 2.29. The number of nitrogens with one attached hydrogen (secondary N) is 2. The van der Waals surface area contributed by atoms with Gasteiger partial charge in [0.15, 0.2) is 6.04 Å². The van der Waals surface area contributed by atoms with Crippen molar-refractivity contribution >= 4 is 17.3 Å². The van der Waals surface area contributed by atoms with Gasteiger partial charge in [0.1, 0.15) is 5.75 Å². The molecule has 2 aromatic carbocycles. The molecule has 25 heavy (non-hydrogen) atoms. The normalized spacial score (nSPS) is 16.5. The number of aryl methyl sites for hydroxylation is 1. The molecule has 1 amide bonds. The SMILES string of the molecule is Cc1cccc(NC(=O)[C@H](C)[NH+]2CCN(c3ccccc3O)CC2)c1. The van der Waals surface area contributed by atoms with E-state index in [1.807, 2.05) is 56.3 Å². The molecule has 0 radical (unpaired) electrons. The minimum atomic E-state index is -0.105. The summed E-state index contributed by atoms with van der Waals surface area (Å²) in [5, 5.41) is 13.0. The highest BCUT2D eigenvalue weighted by molar-refractivity contribution is 5.93. The average molecular weight is 340 g/mol. The van der Waals surface area contributed by atoms with E-state index in [-0.39, 0.29) is 11.9 Å². The lowest BCUT2D eigenvalue weighted by Crippen LogP contribution is -3.19. The van der Waals surface area contributed by atoms with Crippen LogP contribution in [0, 0.1) is 6.92 Å². The van der Waals surface area contributed by atoms with Crippen molar-refractivity contribution in [2.45, 2.75) is 19.9 Å². The number of carbonyl (C=O) groups is 1. The predicted octanol–water partition coefficient (Wildman–Crippen LogP) is 1.43. The number of anilines is 2. The number of amides is 1. The Labute approximate surface area is 148 Å². The molecule has 0 unspecified atom stereocenters. The fourth-order valence-corrected chi connectivity index (χ4v) is 3.36. The van der Waals surface area contributed by atoms with Gasteiger partial charge in [-0.2, -0.15) is 0 Å². The monoisotopic (exact) mass is 340 g/mol. The van der Waals surface area contributed by atoms with E-state index in [4.69, 9.17) is 0 Å². The molecular formula is C20H26N3O2+. The number of hydrogen-bond acceptors (Lipinski definition) is 3. The fourth-order valence-electron chi connectivity index (χ4n) is 3.36. The van der Waals surface area contributed by atoms with Crippen LogP contribution < -0.4 is 15.1 Å². The van der Waals surface area contributed by atoms with E-state index in [1.54, 1.807) is 6.07 Å². The molecule has 5 nitrogen and oxygen atoms in total. The van der Waals surface area contributed by atoms with Crippen LogP contribution in [-0.2, 0) is 4.79 Å². The standard InChI is InChI=1S/C20H25N3O2/c1-15-6-5-7-17(14-15)21-20(25)16(2)22-10-12-23(13-11-22)18-8-3-4-9-19(18)24/h3-9,14,16,24H,10-13H2,1-2H3,(H,21,25)/p+1/t16-/m0/s1. The van der Waals surface area contributed by atoms with Gasteiger partial charge >= 0.3 is 0 Å². The molecule has 1 aliphatic rings. The molecular weight excluding hydrogens is 314 g/mol. The highest BCUT2D eigenvalue weighted by Crippen LogP contribution is 2.26. The summed E-state index contributed by atoms with van der Waals surface area (Å²) in [6.07, 6.45) is 0. The average Bonchev–Trinajstić information content (AvgIpc) is 2.62. The van der Waals surface area contributed by atoms with Gasteiger partial charge in [-0.05, 0) is 43.7 Å². The van der Waals surface area contributed by atoms with Crippen LogP contribution in [0.25, 0.3) is 0 Å². The number of phenolic OH excluding ortho intramolecular Hbond substituents is 1. The van der Waals surface area contributed by atoms with E-state index in [0.29, 0.717) is 5.75 Å². The topological polar surface area (TPSA) is 57.0 Å². The summed E-state index contributed by atoms with van der Waals surface area (Å²) in [5.74, 6) is 0.368. The van der Waals surface area contributed by atoms with Crippen LogP contribution in [0.3, 0.4) is 0 Å². The van der Waals surface area contributed by atoms with Gasteiger partial charge in [0, 0.05) is 5.69 Å². The van der Waals surface area contributed by atoms with Crippen molar-refractivity contribution in [1.29, 1.82) is 0 Å². The Balaban J connectivity index is 1.57. The number of nitrogens with zero attached hydrogens (tertiary/aromatic N) is 1. The molecule has 0 bridgehead atoms. The number of aromatic hydroxyl groups is 1. The third kappa shape index (κ3) is 4.12. The van der Waals surface area contributed by atoms with Crippen LogP contribution in [0.2, 0.25) is 0 Å². The van der Waals surface area contributed by atoms with E-state index >= 15 is 0 Å². The Bertz CT molecular complexity index is 739. The molecule has 1 fully saturated rings. The smallest absolute Gasteiger partial charge is 0.282 e. The number of rotatable bonds is 4. The van der Waals surface area contributed by atoms with Crippen LogP contribution in [0.4, 0.5) is 11.4 Å². The summed E-state index contributed by atoms with van der Waals surface area (Å²) >= 11 is 0. The zero-order valence-electron chi connectivity index (χ0n) is 14.8. The van der Waals surface area contributed by atoms with Crippen LogP contribution in [0.15, 0.2) is 48.5 Å². The molecule has 3 rings (SSSR count). The zero-order chi connectivity index (χ0) is 17.8. The second-order valence-corrected chi connectivity index (χ2v) is 6.71. The summed E-state index contributed by atoms with van der Waals surface area (Å²) < 4.78 is 0. The minimum Gasteiger partial charge on any atom is -0.506 e. The molecule has 0 saturated carbocycles. The van der Waals surface area contributed by atoms with Gasteiger partial charge in [-0.1, -0.05) is 24.3 Å². The predicted molar refractivity (Wildman–Crippen MR) is 100 cm³/mol. The largest absolute Gasteiger partial charge is 0.506 e. The molecule has 1 saturated heterocycles. The number of phenols is 1. The van der Waals surface area contributed by atoms with Crippen molar-refractivity contribution in [3.8, 4) is 5.75 Å². The molecule has 132 valence electrons. The van der Waals surface area contributed by atoms with Crippen molar-refractivity contribution in [2.75, 3.05) is 36.4 Å². The maximum absolute atomic E-state index is 12.5. The van der Waals surface area contributed by atoms with E-state index in [2.05, 4.69) is 10.2 Å². The Morgan fingerprint density at radius 1 is 1.16 bits per heavy atom. The molecule has 1 atom stereocenters. The summed E-state index contributed by atoms with van der Waals surface area (Å²) in [6, 6.07) is 15.2. The van der Waals surface area contributed by atoms with E-state index in [9.17, 15) is 9.90 Å². The lowest BCUT2D eigenvalue weighted by Gasteiger charge is -2.36. The van der Waals surface area contributed by atoms with Gasteiger partial charge in [-0.3, -0.25) is 4.79 Å². The first-order valence-electron chi connectivity index (χ1n) is 8.79. The molecule has 0 spiro atoms. The maximum atomic E-state index is 12.5. The number of hydrogen-bond donors (Lipinski definition) is 3. The summed E-state index contributed by atoms with van der Waals surface area (Å²) in [7, 11) is 0. The number of quaternary nitrogens is 1. The third-order valence-corrected chi connectivity index (χ3v) is 4.92. The number of piperazine rings is 1. The van der Waals surface area contributed by atoms with Crippen molar-refractivity contribution in [3.05, 3.63) is 54.1 Å². The fraction of sp³-hybridized carbons (Fsp3) is 0.350. The van der Waals surface area contributed by atoms with Crippen LogP contribution >= 0.6 is 0 Å². The lowest BCUT2D eigenvalue weighted by molar-refractivity contribution is -0.914. The number of benzene rings is 2. The summed E-state index contributed by atoms with van der Waals surface area (Å²) in [6.45, 7) is 7.40. The van der Waals surface area contributed by atoms with E-state index in [1.165, 1.54) is 4.90 Å². The lowest BCUT2D eigenvalue weighted by atomic mass is 10.1. The Morgan fingerprint density at radius 3 is 2.56 bits per heavy atom. The van der Waals surface area contributed by atoms with Crippen molar-refractivity contribution in [3.63, 3.8) is 0 Å². The van der Waals surface area contributed by atoms with Crippen molar-refractivity contribution < 1.29 is 14.8 Å². The Morgan fingerprint density at radius 2 is 1.88 bits per heavy atom. The van der Waals surface area contributed by atoms with Crippen molar-refractivity contribution in [1.82, 2.24) is 0 Å². The molecule has 0 aliphatic carbocycles. The van der Waals surface area contributed by atoms with Crippen LogP contribution in [-0.4, -0.2) is 43.2 Å². The van der Waals surface area contributed by atoms with Gasteiger partial charge in [0.2, 0.25) is 0 Å². The number of para-hydroxylation sites is 2. The molecule has 1 aliphatic heterocycles. The molecule has 2 aromatic rings. The number of carbonyl (C=O) groups excluding carboxylic acids is 1. The van der Waals surface area contributed by atoms with Gasteiger partial charge in [-0.15, -0.1) is 0 Å². The first-order chi connectivity index (χ1) is 12.0. The summed E-state index contributed by atoms with van der Waals surface area (Å²) in [5.41, 5.74) is 2.86. The van der Waals surface area contributed by atoms with Gasteiger partial charge < -0.3 is 20.2 Å². The van der Waals surface area contributed by atoms with E-state index in [0.717, 1.165) is 43.1 Å². The summed E-state index contributed by atoms with van der Waals surface area (Å²) in [4.78, 5) is 16.0. The second-order valence-electron chi connectivity index (χ2n) is 6.71. The van der Waals surface area contributed by atoms with Gasteiger partial charge in [0.25, 0.3) is 5.91 Å². The minimum absolute atomic E-state index is 0.0524. The highest BCUT2D eigenvalue weighted by atomic mass is 16.3. The second kappa shape index (κ2) is 7.57. The zero-order valence-corrected chi connectivity index (χ0v) is 14.8. The maximum Gasteiger partial charge on any atom is 0.282 e. The van der Waals surface area contributed by atoms with Crippen molar-refractivity contribution in [2.24, 2.45) is 0 Å². The van der Waals surface area contributed by atoms with Crippen LogP contribution in [0.1, 0.15) is 12.5 Å². The Hall–Kier alpha value is -2.53. The quantitative estimate of drug-likeness (QED) is 0.789. The molecule has 5 heteroatoms. The first kappa shape index (κ1) is 17.3.